The molecule has 0 N–H and O–H groups in total. The van der Waals surface area contributed by atoms with Gasteiger partial charge in [-0.2, -0.15) is 0 Å². The minimum absolute atomic E-state index is 0.0905. The summed E-state index contributed by atoms with van der Waals surface area (Å²) in [6, 6.07) is 9.19. The normalized spacial score (nSPS) is 10.2. The Kier molecular flexibility index (Phi) is 7.13. The number of carbonyl (C=O) groups is 2. The van der Waals surface area contributed by atoms with Gasteiger partial charge in [0.05, 0.1) is 24.7 Å². The number of rotatable bonds is 8. The monoisotopic (exact) mass is 402 g/mol. The Morgan fingerprint density at radius 1 is 1.07 bits per heavy atom. The van der Waals surface area contributed by atoms with Crippen molar-refractivity contribution in [2.75, 3.05) is 27.9 Å². The predicted octanol–water partition coefficient (Wildman–Crippen LogP) is 2.74. The predicted molar refractivity (Wildman–Crippen MR) is 104 cm³/mol. The van der Waals surface area contributed by atoms with Crippen LogP contribution in [0.4, 0.5) is 5.69 Å². The molecule has 0 aliphatic heterocycles. The molecular weight excluding hydrogens is 380 g/mol. The lowest BCUT2D eigenvalue weighted by Crippen LogP contribution is -2.30. The van der Waals surface area contributed by atoms with Gasteiger partial charge in [0.1, 0.15) is 0 Å². The highest BCUT2D eigenvalue weighted by Crippen LogP contribution is 2.28. The molecule has 1 amide bonds. The van der Waals surface area contributed by atoms with Crippen molar-refractivity contribution >= 4 is 17.6 Å². The second-order valence-electron chi connectivity index (χ2n) is 6.27. The largest absolute Gasteiger partial charge is 0.493 e. The Bertz CT molecular complexity index is 927. The first kappa shape index (κ1) is 21.7. The molecule has 2 aromatic rings. The summed E-state index contributed by atoms with van der Waals surface area (Å²) < 4.78 is 15.5. The zero-order valence-electron chi connectivity index (χ0n) is 16.6. The summed E-state index contributed by atoms with van der Waals surface area (Å²) in [6.45, 7) is 1.36. The fraction of sp³-hybridized carbons (Fsp3) is 0.300. The second kappa shape index (κ2) is 9.54. The van der Waals surface area contributed by atoms with Crippen LogP contribution >= 0.6 is 0 Å². The maximum atomic E-state index is 12.3. The van der Waals surface area contributed by atoms with E-state index in [0.29, 0.717) is 17.1 Å². The molecule has 0 unspecified atom stereocenters. The molecule has 0 bridgehead atoms. The van der Waals surface area contributed by atoms with Crippen LogP contribution in [0.25, 0.3) is 0 Å². The maximum Gasteiger partial charge on any atom is 0.338 e. The van der Waals surface area contributed by atoms with Crippen LogP contribution in [0.3, 0.4) is 0 Å². The molecule has 0 aromatic heterocycles. The number of likely N-dealkylation sites (N-methyl/N-ethyl adjacent to an activating group) is 1. The van der Waals surface area contributed by atoms with Crippen LogP contribution in [0.1, 0.15) is 21.5 Å². The van der Waals surface area contributed by atoms with Gasteiger partial charge in [-0.3, -0.25) is 14.9 Å². The minimum Gasteiger partial charge on any atom is -0.493 e. The zero-order chi connectivity index (χ0) is 21.6. The van der Waals surface area contributed by atoms with Gasteiger partial charge in [-0.25, -0.2) is 4.79 Å². The average molecular weight is 402 g/mol. The highest BCUT2D eigenvalue weighted by atomic mass is 16.6. The number of ether oxygens (including phenoxy) is 3. The number of benzene rings is 2. The molecule has 0 atom stereocenters. The van der Waals surface area contributed by atoms with Crippen LogP contribution in [-0.2, 0) is 16.1 Å². The van der Waals surface area contributed by atoms with Gasteiger partial charge in [0.25, 0.3) is 11.6 Å². The van der Waals surface area contributed by atoms with Crippen molar-refractivity contribution in [3.8, 4) is 11.5 Å². The molecular formula is C20H22N2O7. The summed E-state index contributed by atoms with van der Waals surface area (Å²) in [6.07, 6.45) is 0. The first-order chi connectivity index (χ1) is 13.8. The molecule has 0 aliphatic rings. The molecule has 154 valence electrons. The van der Waals surface area contributed by atoms with Crippen LogP contribution in [0.15, 0.2) is 36.4 Å². The van der Waals surface area contributed by atoms with E-state index in [0.717, 1.165) is 5.56 Å². The SMILES string of the molecule is COc1ccc(CN(C)C(=O)COC(=O)c2ccc([N+](=O)[O-])c(C)c2)cc1OC. The van der Waals surface area contributed by atoms with E-state index in [9.17, 15) is 19.7 Å². The Hall–Kier alpha value is -3.62. The van der Waals surface area contributed by atoms with Crippen molar-refractivity contribution in [3.05, 3.63) is 63.2 Å². The summed E-state index contributed by atoms with van der Waals surface area (Å²) >= 11 is 0. The zero-order valence-corrected chi connectivity index (χ0v) is 16.6. The third-order valence-electron chi connectivity index (χ3n) is 4.25. The third-order valence-corrected chi connectivity index (χ3v) is 4.25. The van der Waals surface area contributed by atoms with Crippen molar-refractivity contribution in [1.82, 2.24) is 4.90 Å². The molecule has 29 heavy (non-hydrogen) atoms. The summed E-state index contributed by atoms with van der Waals surface area (Å²) in [5, 5.41) is 10.8. The van der Waals surface area contributed by atoms with Crippen molar-refractivity contribution in [2.45, 2.75) is 13.5 Å². The summed E-state index contributed by atoms with van der Waals surface area (Å²) in [4.78, 5) is 36.1. The van der Waals surface area contributed by atoms with E-state index in [4.69, 9.17) is 14.2 Å². The van der Waals surface area contributed by atoms with Gasteiger partial charge in [0.15, 0.2) is 18.1 Å². The lowest BCUT2D eigenvalue weighted by Gasteiger charge is -2.18. The van der Waals surface area contributed by atoms with Gasteiger partial charge in [0, 0.05) is 25.2 Å². The number of aryl methyl sites for hydroxylation is 1. The summed E-state index contributed by atoms with van der Waals surface area (Å²) in [7, 11) is 4.65. The number of carbonyl (C=O) groups excluding carboxylic acids is 2. The number of hydrogen-bond acceptors (Lipinski definition) is 7. The molecule has 0 radical (unpaired) electrons. The topological polar surface area (TPSA) is 108 Å². The molecule has 0 fully saturated rings. The van der Waals surface area contributed by atoms with Crippen LogP contribution < -0.4 is 9.47 Å². The number of hydrogen-bond donors (Lipinski definition) is 0. The van der Waals surface area contributed by atoms with Gasteiger partial charge in [-0.15, -0.1) is 0 Å². The van der Waals surface area contributed by atoms with Crippen molar-refractivity contribution < 1.29 is 28.7 Å². The smallest absolute Gasteiger partial charge is 0.338 e. The number of nitro groups is 1. The van der Waals surface area contributed by atoms with Gasteiger partial charge < -0.3 is 19.1 Å². The quantitative estimate of drug-likeness (QED) is 0.379. The van der Waals surface area contributed by atoms with E-state index in [1.54, 1.807) is 25.2 Å². The minimum atomic E-state index is -0.726. The number of nitrogens with zero attached hydrogens (tertiary/aromatic N) is 2. The van der Waals surface area contributed by atoms with E-state index >= 15 is 0 Å². The van der Waals surface area contributed by atoms with Crippen LogP contribution in [0.2, 0.25) is 0 Å². The van der Waals surface area contributed by atoms with E-state index < -0.39 is 23.4 Å². The maximum absolute atomic E-state index is 12.3. The number of nitro benzene ring substituents is 1. The molecule has 0 saturated carbocycles. The van der Waals surface area contributed by atoms with Crippen molar-refractivity contribution in [1.29, 1.82) is 0 Å². The molecule has 0 spiro atoms. The molecule has 2 rings (SSSR count). The van der Waals surface area contributed by atoms with Crippen molar-refractivity contribution in [3.63, 3.8) is 0 Å². The van der Waals surface area contributed by atoms with E-state index in [1.807, 2.05) is 0 Å². The highest BCUT2D eigenvalue weighted by Gasteiger charge is 2.17. The first-order valence-corrected chi connectivity index (χ1v) is 8.63. The van der Waals surface area contributed by atoms with Crippen molar-refractivity contribution in [2.24, 2.45) is 0 Å². The van der Waals surface area contributed by atoms with E-state index in [2.05, 4.69) is 0 Å². The molecule has 2 aromatic carbocycles. The van der Waals surface area contributed by atoms with E-state index in [-0.39, 0.29) is 17.8 Å². The fourth-order valence-corrected chi connectivity index (χ4v) is 2.65. The van der Waals surface area contributed by atoms with Gasteiger partial charge in [-0.1, -0.05) is 6.07 Å². The molecule has 9 heteroatoms. The third kappa shape index (κ3) is 5.44. The van der Waals surface area contributed by atoms with Gasteiger partial charge in [0.2, 0.25) is 0 Å². The Balaban J connectivity index is 1.95. The fourth-order valence-electron chi connectivity index (χ4n) is 2.65. The van der Waals surface area contributed by atoms with Crippen LogP contribution in [-0.4, -0.2) is 49.6 Å². The van der Waals surface area contributed by atoms with Gasteiger partial charge >= 0.3 is 5.97 Å². The van der Waals surface area contributed by atoms with Gasteiger partial charge in [-0.05, 0) is 36.8 Å². The number of esters is 1. The lowest BCUT2D eigenvalue weighted by molar-refractivity contribution is -0.385. The Morgan fingerprint density at radius 2 is 1.76 bits per heavy atom. The second-order valence-corrected chi connectivity index (χ2v) is 6.27. The Labute approximate surface area is 167 Å². The first-order valence-electron chi connectivity index (χ1n) is 8.63. The van der Waals surface area contributed by atoms with E-state index in [1.165, 1.54) is 44.2 Å². The molecule has 0 aliphatic carbocycles. The highest BCUT2D eigenvalue weighted by molar-refractivity contribution is 5.91. The number of methoxy groups -OCH3 is 2. The average Bonchev–Trinajstić information content (AvgIpc) is 2.71. The number of amides is 1. The molecule has 0 heterocycles. The Morgan fingerprint density at radius 3 is 2.34 bits per heavy atom. The molecule has 9 nitrogen and oxygen atoms in total. The lowest BCUT2D eigenvalue weighted by atomic mass is 10.1. The summed E-state index contributed by atoms with van der Waals surface area (Å²) in [5.74, 6) is 0.00556. The molecule has 0 saturated heterocycles. The standard InChI is InChI=1S/C20H22N2O7/c1-13-9-15(6-7-16(13)22(25)26)20(24)29-12-19(23)21(2)11-14-5-8-17(27-3)18(10-14)28-4/h5-10H,11-12H2,1-4H3. The van der Waals surface area contributed by atoms with Crippen LogP contribution in [0.5, 0.6) is 11.5 Å². The summed E-state index contributed by atoms with van der Waals surface area (Å²) in [5.41, 5.74) is 1.20. The van der Waals surface area contributed by atoms with Crippen LogP contribution in [0, 0.1) is 17.0 Å².